The Morgan fingerprint density at radius 3 is 2.60 bits per heavy atom. The van der Waals surface area contributed by atoms with Crippen molar-refractivity contribution in [2.75, 3.05) is 10.6 Å². The predicted molar refractivity (Wildman–Crippen MR) is 172 cm³/mol. The quantitative estimate of drug-likeness (QED) is 0.157. The minimum absolute atomic E-state index is 0.161. The molecule has 45 heavy (non-hydrogen) atoms. The molecule has 6 rings (SSSR count). The number of anilines is 2. The second-order valence-electron chi connectivity index (χ2n) is 10.5. The van der Waals surface area contributed by atoms with Gasteiger partial charge in [0.1, 0.15) is 41.8 Å². The maximum atomic E-state index is 13.6. The van der Waals surface area contributed by atoms with Gasteiger partial charge in [0.15, 0.2) is 0 Å². The number of ether oxygens (including phenoxy) is 1. The smallest absolute Gasteiger partial charge is 0.335 e. The van der Waals surface area contributed by atoms with Crippen LogP contribution in [0.5, 0.6) is 5.75 Å². The van der Waals surface area contributed by atoms with Crippen LogP contribution in [-0.2, 0) is 13.2 Å². The molecule has 0 bridgehead atoms. The minimum Gasteiger partial charge on any atom is -0.487 e. The summed E-state index contributed by atoms with van der Waals surface area (Å²) in [4.78, 5) is 21.9. The van der Waals surface area contributed by atoms with Crippen molar-refractivity contribution < 1.29 is 23.4 Å². The molecule has 2 aromatic heterocycles. The molecule has 0 aliphatic carbocycles. The van der Waals surface area contributed by atoms with Gasteiger partial charge in [0, 0.05) is 16.6 Å². The minimum atomic E-state index is -0.989. The average Bonchev–Trinajstić information content (AvgIpc) is 3.52. The number of nitrogen functional groups attached to an aromatic ring is 1. The topological polar surface area (TPSA) is 115 Å². The van der Waals surface area contributed by atoms with Gasteiger partial charge in [-0.2, -0.15) is 0 Å². The highest BCUT2D eigenvalue weighted by molar-refractivity contribution is 6.32. The number of halogens is 2. The van der Waals surface area contributed by atoms with Crippen LogP contribution in [0.1, 0.15) is 40.2 Å². The van der Waals surface area contributed by atoms with Gasteiger partial charge in [-0.1, -0.05) is 35.9 Å². The van der Waals surface area contributed by atoms with Crippen molar-refractivity contribution in [2.24, 2.45) is 0 Å². The van der Waals surface area contributed by atoms with Crippen molar-refractivity contribution in [1.29, 1.82) is 0 Å². The van der Waals surface area contributed by atoms with E-state index in [0.717, 1.165) is 27.7 Å². The van der Waals surface area contributed by atoms with Crippen LogP contribution in [0.3, 0.4) is 0 Å². The van der Waals surface area contributed by atoms with E-state index in [2.05, 4.69) is 14.9 Å². The zero-order chi connectivity index (χ0) is 31.5. The SMILES string of the molecule is CC(c1ccc(C(=O)O)cc1)N(Cc1ccc(-c2ccc3ncnc(N)c3c2)o1)c1ccc(OCc2cccc(F)c2)c(Cl)c1. The van der Waals surface area contributed by atoms with Gasteiger partial charge in [-0.3, -0.25) is 0 Å². The molecule has 0 spiro atoms. The number of nitrogens with two attached hydrogens (primary N) is 1. The molecule has 6 aromatic rings. The number of carbonyl (C=O) groups is 1. The monoisotopic (exact) mass is 622 g/mol. The maximum Gasteiger partial charge on any atom is 0.335 e. The molecule has 0 aliphatic rings. The van der Waals surface area contributed by atoms with Crippen LogP contribution in [0.2, 0.25) is 5.02 Å². The van der Waals surface area contributed by atoms with Gasteiger partial charge in [0.2, 0.25) is 0 Å². The Hall–Kier alpha value is -5.41. The summed E-state index contributed by atoms with van der Waals surface area (Å²) in [7, 11) is 0. The number of hydrogen-bond donors (Lipinski definition) is 2. The molecule has 4 aromatic carbocycles. The molecule has 0 amide bonds. The number of carboxylic acid groups (broad SMARTS) is 1. The summed E-state index contributed by atoms with van der Waals surface area (Å²) < 4.78 is 25.8. The number of carboxylic acids is 1. The number of benzene rings is 4. The number of aromatic carboxylic acids is 1. The Kier molecular flexibility index (Phi) is 8.35. The molecule has 3 N–H and O–H groups in total. The zero-order valence-corrected chi connectivity index (χ0v) is 24.9. The van der Waals surface area contributed by atoms with E-state index in [9.17, 15) is 14.3 Å². The van der Waals surface area contributed by atoms with E-state index in [1.54, 1.807) is 48.5 Å². The Morgan fingerprint density at radius 1 is 1.02 bits per heavy atom. The molecule has 2 heterocycles. The number of aromatic nitrogens is 2. The number of hydrogen-bond acceptors (Lipinski definition) is 7. The van der Waals surface area contributed by atoms with Crippen LogP contribution >= 0.6 is 11.6 Å². The predicted octanol–water partition coefficient (Wildman–Crippen LogP) is 8.31. The molecule has 0 fully saturated rings. The summed E-state index contributed by atoms with van der Waals surface area (Å²) in [5.74, 6) is 0.882. The van der Waals surface area contributed by atoms with Crippen molar-refractivity contribution in [2.45, 2.75) is 26.1 Å². The molecule has 0 saturated carbocycles. The molecule has 0 radical (unpaired) electrons. The first-order valence-electron chi connectivity index (χ1n) is 14.1. The molecule has 1 unspecified atom stereocenters. The normalized spacial score (nSPS) is 11.8. The highest BCUT2D eigenvalue weighted by Crippen LogP contribution is 2.36. The lowest BCUT2D eigenvalue weighted by Gasteiger charge is -2.31. The third-order valence-corrected chi connectivity index (χ3v) is 7.87. The van der Waals surface area contributed by atoms with E-state index in [1.165, 1.54) is 18.5 Å². The second-order valence-corrected chi connectivity index (χ2v) is 10.9. The van der Waals surface area contributed by atoms with E-state index in [4.69, 9.17) is 26.5 Å². The van der Waals surface area contributed by atoms with Gasteiger partial charge in [-0.05, 0) is 90.8 Å². The Labute approximate surface area is 263 Å². The summed E-state index contributed by atoms with van der Waals surface area (Å²) in [6.07, 6.45) is 1.43. The number of fused-ring (bicyclic) bond motifs is 1. The second kappa shape index (κ2) is 12.7. The fourth-order valence-corrected chi connectivity index (χ4v) is 5.35. The van der Waals surface area contributed by atoms with E-state index in [-0.39, 0.29) is 24.0 Å². The first kappa shape index (κ1) is 29.7. The van der Waals surface area contributed by atoms with Crippen molar-refractivity contribution in [3.8, 4) is 17.1 Å². The van der Waals surface area contributed by atoms with E-state index in [0.29, 0.717) is 40.2 Å². The molecule has 226 valence electrons. The average molecular weight is 623 g/mol. The summed E-state index contributed by atoms with van der Waals surface area (Å²) in [6.45, 7) is 2.56. The largest absolute Gasteiger partial charge is 0.487 e. The number of furan rings is 1. The standard InChI is InChI=1S/C35H28ClFN4O4/c1-21(23-5-7-24(8-6-23)35(42)43)41(27-10-13-33(30(36)17-27)44-19-22-3-2-4-26(37)15-22)18-28-11-14-32(45-28)25-9-12-31-29(16-25)34(38)40-20-39-31/h2-17,20-21H,18-19H2,1H3,(H,42,43)(H2,38,39,40). The Bertz CT molecular complexity index is 2000. The van der Waals surface area contributed by atoms with Gasteiger partial charge in [-0.25, -0.2) is 19.2 Å². The first-order chi connectivity index (χ1) is 21.7. The van der Waals surface area contributed by atoms with Crippen molar-refractivity contribution in [1.82, 2.24) is 9.97 Å². The van der Waals surface area contributed by atoms with Gasteiger partial charge in [0.25, 0.3) is 0 Å². The third-order valence-electron chi connectivity index (χ3n) is 7.58. The van der Waals surface area contributed by atoms with E-state index < -0.39 is 5.97 Å². The molecular weight excluding hydrogens is 595 g/mol. The lowest BCUT2D eigenvalue weighted by atomic mass is 10.0. The highest BCUT2D eigenvalue weighted by atomic mass is 35.5. The Morgan fingerprint density at radius 2 is 1.84 bits per heavy atom. The van der Waals surface area contributed by atoms with Gasteiger partial charge in [0.05, 0.1) is 28.7 Å². The molecule has 0 aliphatic heterocycles. The fourth-order valence-electron chi connectivity index (χ4n) is 5.13. The van der Waals surface area contributed by atoms with Crippen LogP contribution in [0.25, 0.3) is 22.2 Å². The first-order valence-corrected chi connectivity index (χ1v) is 14.5. The molecule has 10 heteroatoms. The van der Waals surface area contributed by atoms with Crippen LogP contribution < -0.4 is 15.4 Å². The van der Waals surface area contributed by atoms with Crippen molar-refractivity contribution >= 4 is 40.0 Å². The van der Waals surface area contributed by atoms with Crippen LogP contribution in [0.4, 0.5) is 15.9 Å². The third kappa shape index (κ3) is 6.58. The summed E-state index contributed by atoms with van der Waals surface area (Å²) >= 11 is 6.69. The fraction of sp³-hybridized carbons (Fsp3) is 0.114. The summed E-state index contributed by atoms with van der Waals surface area (Å²) in [6, 6.07) is 27.8. The van der Waals surface area contributed by atoms with Crippen molar-refractivity contribution in [3.05, 3.63) is 137 Å². The molecule has 0 saturated heterocycles. The van der Waals surface area contributed by atoms with Gasteiger partial charge >= 0.3 is 5.97 Å². The van der Waals surface area contributed by atoms with E-state index in [1.807, 2.05) is 43.3 Å². The summed E-state index contributed by atoms with van der Waals surface area (Å²) in [5.41, 5.74) is 10.2. The van der Waals surface area contributed by atoms with E-state index >= 15 is 0 Å². The molecule has 8 nitrogen and oxygen atoms in total. The van der Waals surface area contributed by atoms with Gasteiger partial charge < -0.3 is 24.9 Å². The Balaban J connectivity index is 1.29. The van der Waals surface area contributed by atoms with Crippen LogP contribution in [0.15, 0.2) is 108 Å². The lowest BCUT2D eigenvalue weighted by Crippen LogP contribution is -2.26. The number of rotatable bonds is 10. The molecule has 1 atom stereocenters. The molecular formula is C35H28ClFN4O4. The number of nitrogens with zero attached hydrogens (tertiary/aromatic N) is 3. The van der Waals surface area contributed by atoms with Crippen molar-refractivity contribution in [3.63, 3.8) is 0 Å². The van der Waals surface area contributed by atoms with Crippen LogP contribution in [-0.4, -0.2) is 21.0 Å². The van der Waals surface area contributed by atoms with Crippen LogP contribution in [0, 0.1) is 5.82 Å². The zero-order valence-electron chi connectivity index (χ0n) is 24.2. The highest BCUT2D eigenvalue weighted by Gasteiger charge is 2.21. The summed E-state index contributed by atoms with van der Waals surface area (Å²) in [5, 5.41) is 10.5. The van der Waals surface area contributed by atoms with Gasteiger partial charge in [-0.15, -0.1) is 0 Å². The maximum absolute atomic E-state index is 13.6. The lowest BCUT2D eigenvalue weighted by molar-refractivity contribution is 0.0697.